The van der Waals surface area contributed by atoms with Crippen molar-refractivity contribution in [2.24, 2.45) is 16.3 Å². The Morgan fingerprint density at radius 3 is 2.79 bits per heavy atom. The van der Waals surface area contributed by atoms with Crippen molar-refractivity contribution in [2.75, 3.05) is 13.2 Å². The van der Waals surface area contributed by atoms with E-state index in [0.717, 1.165) is 23.8 Å². The first-order valence-corrected chi connectivity index (χ1v) is 7.46. The summed E-state index contributed by atoms with van der Waals surface area (Å²) < 4.78 is 18.9. The van der Waals surface area contributed by atoms with Gasteiger partial charge in [0, 0.05) is 11.5 Å². The molecule has 1 aromatic carbocycles. The zero-order chi connectivity index (χ0) is 13.3. The average Bonchev–Trinajstić information content (AvgIpc) is 2.94. The third-order valence-electron chi connectivity index (χ3n) is 4.89. The predicted octanol–water partition coefficient (Wildman–Crippen LogP) is 3.11. The Labute approximate surface area is 116 Å². The van der Waals surface area contributed by atoms with E-state index in [4.69, 9.17) is 9.73 Å². The quantitative estimate of drug-likeness (QED) is 0.786. The molecule has 0 amide bonds. The highest BCUT2D eigenvalue weighted by molar-refractivity contribution is 8.16. The van der Waals surface area contributed by atoms with E-state index in [0.29, 0.717) is 12.0 Å². The lowest BCUT2D eigenvalue weighted by atomic mass is 9.53. The van der Waals surface area contributed by atoms with Crippen LogP contribution in [0.15, 0.2) is 29.3 Å². The molecule has 2 heterocycles. The van der Waals surface area contributed by atoms with Crippen molar-refractivity contribution in [1.29, 1.82) is 0 Å². The Balaban J connectivity index is 1.71. The molecule has 0 aromatic heterocycles. The molecule has 0 N–H and O–H groups in total. The van der Waals surface area contributed by atoms with Crippen LogP contribution in [0.1, 0.15) is 19.4 Å². The molecule has 2 nitrogen and oxygen atoms in total. The predicted molar refractivity (Wildman–Crippen MR) is 75.1 cm³/mol. The Kier molecular flexibility index (Phi) is 2.26. The smallest absolute Gasteiger partial charge is 0.123 e. The fourth-order valence-electron chi connectivity index (χ4n) is 3.90. The summed E-state index contributed by atoms with van der Waals surface area (Å²) in [7, 11) is 0. The topological polar surface area (TPSA) is 21.6 Å². The number of ether oxygens (including phenoxy) is 1. The SMILES string of the molecule is CC1(C)[C@@H]2COC[C@@]23SC(c2ccc(F)cc2)=N[C@@H]13. The maximum absolute atomic E-state index is 13.0. The van der Waals surface area contributed by atoms with Gasteiger partial charge in [-0.1, -0.05) is 25.6 Å². The van der Waals surface area contributed by atoms with Crippen LogP contribution in [0.5, 0.6) is 0 Å². The summed E-state index contributed by atoms with van der Waals surface area (Å²) in [5.41, 5.74) is 1.24. The summed E-state index contributed by atoms with van der Waals surface area (Å²) in [5, 5.41) is 1.05. The van der Waals surface area contributed by atoms with Gasteiger partial charge in [-0.25, -0.2) is 4.39 Å². The Morgan fingerprint density at radius 2 is 2.05 bits per heavy atom. The molecule has 19 heavy (non-hydrogen) atoms. The van der Waals surface area contributed by atoms with Crippen LogP contribution in [0, 0.1) is 17.2 Å². The second-order valence-corrected chi connectivity index (χ2v) is 7.64. The van der Waals surface area contributed by atoms with Crippen molar-refractivity contribution in [3.63, 3.8) is 0 Å². The summed E-state index contributed by atoms with van der Waals surface area (Å²) in [6.45, 7) is 6.22. The fraction of sp³-hybridized carbons (Fsp3) is 0.533. The van der Waals surface area contributed by atoms with Crippen LogP contribution < -0.4 is 0 Å². The third kappa shape index (κ3) is 1.39. The van der Waals surface area contributed by atoms with Crippen LogP contribution in [-0.2, 0) is 4.74 Å². The second kappa shape index (κ2) is 3.61. The van der Waals surface area contributed by atoms with Crippen molar-refractivity contribution in [2.45, 2.75) is 24.6 Å². The summed E-state index contributed by atoms with van der Waals surface area (Å²) in [5.74, 6) is 0.382. The highest BCUT2D eigenvalue weighted by atomic mass is 32.2. The molecule has 100 valence electrons. The van der Waals surface area contributed by atoms with Gasteiger partial charge in [0.2, 0.25) is 0 Å². The van der Waals surface area contributed by atoms with Gasteiger partial charge in [-0.3, -0.25) is 4.99 Å². The van der Waals surface area contributed by atoms with Crippen LogP contribution in [-0.4, -0.2) is 29.0 Å². The number of nitrogens with zero attached hydrogens (tertiary/aromatic N) is 1. The minimum atomic E-state index is -0.198. The fourth-order valence-corrected chi connectivity index (χ4v) is 5.79. The largest absolute Gasteiger partial charge is 0.380 e. The lowest BCUT2D eigenvalue weighted by molar-refractivity contribution is 0.0242. The first kappa shape index (κ1) is 11.9. The molecule has 1 saturated heterocycles. The summed E-state index contributed by atoms with van der Waals surface area (Å²) in [4.78, 5) is 4.92. The summed E-state index contributed by atoms with van der Waals surface area (Å²) in [6, 6.07) is 6.98. The van der Waals surface area contributed by atoms with E-state index >= 15 is 0 Å². The average molecular weight is 277 g/mol. The number of thioether (sulfide) groups is 1. The number of benzene rings is 1. The van der Waals surface area contributed by atoms with Gasteiger partial charge < -0.3 is 4.74 Å². The molecule has 0 unspecified atom stereocenters. The van der Waals surface area contributed by atoms with E-state index < -0.39 is 0 Å². The number of halogens is 1. The van der Waals surface area contributed by atoms with Gasteiger partial charge in [0.15, 0.2) is 0 Å². The van der Waals surface area contributed by atoms with E-state index in [1.165, 1.54) is 12.1 Å². The van der Waals surface area contributed by atoms with E-state index in [-0.39, 0.29) is 16.0 Å². The van der Waals surface area contributed by atoms with Gasteiger partial charge in [-0.2, -0.15) is 0 Å². The van der Waals surface area contributed by atoms with Crippen LogP contribution >= 0.6 is 11.8 Å². The van der Waals surface area contributed by atoms with Gasteiger partial charge in [0.25, 0.3) is 0 Å². The molecule has 1 saturated carbocycles. The third-order valence-corrected chi connectivity index (χ3v) is 6.43. The summed E-state index contributed by atoms with van der Waals surface area (Å²) in [6.07, 6.45) is 0. The van der Waals surface area contributed by atoms with Crippen molar-refractivity contribution >= 4 is 16.8 Å². The molecule has 1 spiro atoms. The van der Waals surface area contributed by atoms with Crippen molar-refractivity contribution in [1.82, 2.24) is 0 Å². The first-order chi connectivity index (χ1) is 9.04. The molecule has 1 aromatic rings. The Hall–Kier alpha value is -0.870. The number of hydrogen-bond acceptors (Lipinski definition) is 3. The molecular formula is C15H16FNOS. The normalized spacial score (nSPS) is 38.4. The van der Waals surface area contributed by atoms with Gasteiger partial charge >= 0.3 is 0 Å². The van der Waals surface area contributed by atoms with Gasteiger partial charge in [-0.15, -0.1) is 0 Å². The van der Waals surface area contributed by atoms with E-state index in [1.54, 1.807) is 0 Å². The van der Waals surface area contributed by atoms with Crippen LogP contribution in [0.25, 0.3) is 0 Å². The molecule has 1 aliphatic carbocycles. The van der Waals surface area contributed by atoms with Crippen molar-refractivity contribution in [3.8, 4) is 0 Å². The molecule has 3 aliphatic rings. The standard InChI is InChI=1S/C15H16FNOS/c1-14(2)11-7-18-8-15(11)13(14)17-12(19-15)9-3-5-10(16)6-4-9/h3-6,11,13H,7-8H2,1-2H3/t11-,13-,15+/m0/s1. The van der Waals surface area contributed by atoms with Crippen molar-refractivity contribution in [3.05, 3.63) is 35.6 Å². The first-order valence-electron chi connectivity index (χ1n) is 6.64. The van der Waals surface area contributed by atoms with Crippen LogP contribution in [0.3, 0.4) is 0 Å². The van der Waals surface area contributed by atoms with E-state index in [9.17, 15) is 4.39 Å². The molecule has 0 radical (unpaired) electrons. The molecule has 0 bridgehead atoms. The van der Waals surface area contributed by atoms with Gasteiger partial charge in [0.05, 0.1) is 29.0 Å². The molecule has 3 atom stereocenters. The molecular weight excluding hydrogens is 261 g/mol. The second-order valence-electron chi connectivity index (χ2n) is 6.29. The zero-order valence-electron chi connectivity index (χ0n) is 11.0. The molecule has 2 aliphatic heterocycles. The molecule has 4 rings (SSSR count). The summed E-state index contributed by atoms with van der Waals surface area (Å²) >= 11 is 1.84. The number of hydrogen-bond donors (Lipinski definition) is 0. The highest BCUT2D eigenvalue weighted by Gasteiger charge is 2.72. The molecule has 4 heteroatoms. The van der Waals surface area contributed by atoms with Crippen molar-refractivity contribution < 1.29 is 9.13 Å². The minimum absolute atomic E-state index is 0.146. The van der Waals surface area contributed by atoms with Crippen LogP contribution in [0.4, 0.5) is 4.39 Å². The maximum Gasteiger partial charge on any atom is 0.123 e. The lowest BCUT2D eigenvalue weighted by Gasteiger charge is -2.57. The minimum Gasteiger partial charge on any atom is -0.380 e. The Morgan fingerprint density at radius 1 is 1.32 bits per heavy atom. The maximum atomic E-state index is 13.0. The zero-order valence-corrected chi connectivity index (χ0v) is 11.8. The number of rotatable bonds is 1. The highest BCUT2D eigenvalue weighted by Crippen LogP contribution is 2.67. The van der Waals surface area contributed by atoms with Gasteiger partial charge in [0.1, 0.15) is 5.82 Å². The lowest BCUT2D eigenvalue weighted by Crippen LogP contribution is -2.66. The van der Waals surface area contributed by atoms with E-state index in [1.807, 2.05) is 23.9 Å². The van der Waals surface area contributed by atoms with E-state index in [2.05, 4.69) is 13.8 Å². The van der Waals surface area contributed by atoms with Gasteiger partial charge in [-0.05, 0) is 29.7 Å². The number of aliphatic imine (C=N–C) groups is 1. The monoisotopic (exact) mass is 277 g/mol. The van der Waals surface area contributed by atoms with Crippen LogP contribution in [0.2, 0.25) is 0 Å². The molecule has 2 fully saturated rings. The Bertz CT molecular complexity index is 568.